The molecule has 0 unspecified atom stereocenters. The lowest BCUT2D eigenvalue weighted by Crippen LogP contribution is -2.22. The van der Waals surface area contributed by atoms with Crippen molar-refractivity contribution < 1.29 is 14.3 Å². The van der Waals surface area contributed by atoms with Crippen LogP contribution in [0.3, 0.4) is 0 Å². The van der Waals surface area contributed by atoms with Crippen LogP contribution in [0.5, 0.6) is 11.5 Å². The van der Waals surface area contributed by atoms with Gasteiger partial charge in [0.25, 0.3) is 0 Å². The molecule has 0 radical (unpaired) electrons. The highest BCUT2D eigenvalue weighted by atomic mass is 16.7. The Morgan fingerprint density at radius 3 is 2.33 bits per heavy atom. The van der Waals surface area contributed by atoms with Gasteiger partial charge in [-0.1, -0.05) is 55.5 Å². The predicted octanol–water partition coefficient (Wildman–Crippen LogP) is 5.80. The summed E-state index contributed by atoms with van der Waals surface area (Å²) in [6, 6.07) is 21.1. The van der Waals surface area contributed by atoms with Crippen molar-refractivity contribution >= 4 is 5.78 Å². The van der Waals surface area contributed by atoms with Crippen LogP contribution in [0.15, 0.2) is 60.7 Å². The number of carbonyl (C=O) groups is 1. The molecule has 0 atom stereocenters. The Morgan fingerprint density at radius 2 is 1.63 bits per heavy atom. The second-order valence-corrected chi connectivity index (χ2v) is 8.45. The number of hydrogen-bond donors (Lipinski definition) is 0. The van der Waals surface area contributed by atoms with Gasteiger partial charge in [0.1, 0.15) is 5.78 Å². The third kappa shape index (κ3) is 3.28. The molecule has 0 aromatic heterocycles. The fraction of sp³-hybridized carbons (Fsp3) is 0.296. The van der Waals surface area contributed by atoms with Gasteiger partial charge in [-0.15, -0.1) is 0 Å². The van der Waals surface area contributed by atoms with Crippen molar-refractivity contribution in [1.29, 1.82) is 0 Å². The fourth-order valence-corrected chi connectivity index (χ4v) is 4.48. The van der Waals surface area contributed by atoms with Crippen molar-refractivity contribution in [3.05, 3.63) is 82.9 Å². The molecule has 1 aliphatic heterocycles. The fourth-order valence-electron chi connectivity index (χ4n) is 4.48. The Bertz CT molecular complexity index is 1110. The molecule has 1 heterocycles. The Hall–Kier alpha value is -3.07. The molecule has 152 valence electrons. The Kier molecular flexibility index (Phi) is 4.62. The summed E-state index contributed by atoms with van der Waals surface area (Å²) in [5.74, 6) is 1.81. The molecule has 3 heteroatoms. The predicted molar refractivity (Wildman–Crippen MR) is 118 cm³/mol. The number of fused-ring (bicyclic) bond motifs is 1. The van der Waals surface area contributed by atoms with Crippen LogP contribution in [0.2, 0.25) is 0 Å². The van der Waals surface area contributed by atoms with Crippen LogP contribution in [-0.2, 0) is 23.1 Å². The molecule has 1 fully saturated rings. The molecule has 0 saturated heterocycles. The Morgan fingerprint density at radius 1 is 0.900 bits per heavy atom. The molecule has 1 saturated carbocycles. The van der Waals surface area contributed by atoms with Gasteiger partial charge in [-0.2, -0.15) is 0 Å². The summed E-state index contributed by atoms with van der Waals surface area (Å²) in [5, 5.41) is 0. The number of benzene rings is 3. The van der Waals surface area contributed by atoms with E-state index in [4.69, 9.17) is 9.47 Å². The van der Waals surface area contributed by atoms with Crippen LogP contribution < -0.4 is 9.47 Å². The van der Waals surface area contributed by atoms with E-state index in [1.807, 2.05) is 18.2 Å². The number of carbonyl (C=O) groups excluding carboxylic acids is 1. The second-order valence-electron chi connectivity index (χ2n) is 8.45. The SMILES string of the molecule is CCc1ccc(-c2ccc(CC(=O)C3(c4ccc5c(c4)OCO5)CC3)cc2C)cc1. The number of rotatable bonds is 6. The first kappa shape index (κ1) is 18.9. The van der Waals surface area contributed by atoms with Gasteiger partial charge in [0.2, 0.25) is 6.79 Å². The van der Waals surface area contributed by atoms with Crippen molar-refractivity contribution in [1.82, 2.24) is 0 Å². The molecule has 3 aromatic rings. The zero-order valence-corrected chi connectivity index (χ0v) is 17.5. The van der Waals surface area contributed by atoms with Crippen LogP contribution in [0, 0.1) is 6.92 Å². The lowest BCUT2D eigenvalue weighted by atomic mass is 9.87. The van der Waals surface area contributed by atoms with E-state index in [2.05, 4.69) is 56.3 Å². The third-order valence-electron chi connectivity index (χ3n) is 6.54. The molecule has 3 nitrogen and oxygen atoms in total. The lowest BCUT2D eigenvalue weighted by molar-refractivity contribution is -0.120. The van der Waals surface area contributed by atoms with E-state index >= 15 is 0 Å². The summed E-state index contributed by atoms with van der Waals surface area (Å²) < 4.78 is 10.9. The minimum Gasteiger partial charge on any atom is -0.454 e. The zero-order valence-electron chi connectivity index (χ0n) is 17.5. The van der Waals surface area contributed by atoms with Crippen LogP contribution in [0.4, 0.5) is 0 Å². The van der Waals surface area contributed by atoms with E-state index in [1.54, 1.807) is 0 Å². The molecule has 1 aliphatic carbocycles. The monoisotopic (exact) mass is 398 g/mol. The molecule has 0 N–H and O–H groups in total. The molecule has 3 aromatic carbocycles. The molecule has 0 amide bonds. The minimum atomic E-state index is -0.358. The van der Waals surface area contributed by atoms with Gasteiger partial charge in [0, 0.05) is 6.42 Å². The number of Topliss-reactive ketones (excluding diaryl/α,β-unsaturated/α-hetero) is 1. The van der Waals surface area contributed by atoms with Crippen LogP contribution >= 0.6 is 0 Å². The topological polar surface area (TPSA) is 35.5 Å². The second kappa shape index (κ2) is 7.32. The maximum Gasteiger partial charge on any atom is 0.231 e. The number of hydrogen-bond acceptors (Lipinski definition) is 3. The quantitative estimate of drug-likeness (QED) is 0.527. The standard InChI is InChI=1S/C27H26O3/c1-3-19-4-7-21(8-5-19)23-10-6-20(14-18(23)2)15-26(28)27(12-13-27)22-9-11-24-25(16-22)30-17-29-24/h4-11,14,16H,3,12-13,15,17H2,1-2H3. The minimum absolute atomic E-state index is 0.256. The molecular weight excluding hydrogens is 372 g/mol. The highest BCUT2D eigenvalue weighted by Crippen LogP contribution is 2.51. The summed E-state index contributed by atoms with van der Waals surface area (Å²) >= 11 is 0. The summed E-state index contributed by atoms with van der Waals surface area (Å²) in [6.45, 7) is 4.55. The summed E-state index contributed by atoms with van der Waals surface area (Å²) in [4.78, 5) is 13.3. The van der Waals surface area contributed by atoms with Crippen molar-refractivity contribution in [2.24, 2.45) is 0 Å². The normalized spacial score (nSPS) is 15.8. The van der Waals surface area contributed by atoms with E-state index in [1.165, 1.54) is 22.3 Å². The van der Waals surface area contributed by atoms with Gasteiger partial charge in [-0.3, -0.25) is 4.79 Å². The zero-order chi connectivity index (χ0) is 20.7. The van der Waals surface area contributed by atoms with Crippen LogP contribution in [-0.4, -0.2) is 12.6 Å². The van der Waals surface area contributed by atoms with Gasteiger partial charge in [-0.05, 0) is 71.7 Å². The number of ketones is 1. The van der Waals surface area contributed by atoms with Gasteiger partial charge < -0.3 is 9.47 Å². The maximum atomic E-state index is 13.3. The Labute approximate surface area is 177 Å². The first-order valence-electron chi connectivity index (χ1n) is 10.7. The average Bonchev–Trinajstić information content (AvgIpc) is 3.45. The summed E-state index contributed by atoms with van der Waals surface area (Å²) in [5.41, 5.74) is 6.78. The van der Waals surface area contributed by atoms with E-state index < -0.39 is 0 Å². The lowest BCUT2D eigenvalue weighted by Gasteiger charge is -2.16. The summed E-state index contributed by atoms with van der Waals surface area (Å²) in [7, 11) is 0. The molecule has 0 spiro atoms. The largest absolute Gasteiger partial charge is 0.454 e. The highest BCUT2D eigenvalue weighted by Gasteiger charge is 2.50. The van der Waals surface area contributed by atoms with Crippen molar-refractivity contribution in [3.63, 3.8) is 0 Å². The van der Waals surface area contributed by atoms with Crippen molar-refractivity contribution in [3.8, 4) is 22.6 Å². The van der Waals surface area contributed by atoms with Gasteiger partial charge >= 0.3 is 0 Å². The first-order chi connectivity index (χ1) is 14.6. The number of ether oxygens (including phenoxy) is 2. The molecule has 0 bridgehead atoms. The van der Waals surface area contributed by atoms with Gasteiger partial charge in [0.05, 0.1) is 5.41 Å². The van der Waals surface area contributed by atoms with E-state index in [0.717, 1.165) is 41.9 Å². The van der Waals surface area contributed by atoms with Crippen molar-refractivity contribution in [2.45, 2.75) is 44.9 Å². The van der Waals surface area contributed by atoms with Crippen LogP contribution in [0.25, 0.3) is 11.1 Å². The third-order valence-corrected chi connectivity index (χ3v) is 6.54. The Balaban J connectivity index is 1.35. The number of aryl methyl sites for hydroxylation is 2. The average molecular weight is 399 g/mol. The van der Waals surface area contributed by atoms with Crippen molar-refractivity contribution in [2.75, 3.05) is 6.79 Å². The van der Waals surface area contributed by atoms with Gasteiger partial charge in [0.15, 0.2) is 11.5 Å². The van der Waals surface area contributed by atoms with E-state index in [-0.39, 0.29) is 12.2 Å². The van der Waals surface area contributed by atoms with E-state index in [0.29, 0.717) is 12.2 Å². The molecule has 5 rings (SSSR count). The van der Waals surface area contributed by atoms with E-state index in [9.17, 15) is 4.79 Å². The van der Waals surface area contributed by atoms with Gasteiger partial charge in [-0.25, -0.2) is 0 Å². The molecule has 30 heavy (non-hydrogen) atoms. The maximum absolute atomic E-state index is 13.3. The highest BCUT2D eigenvalue weighted by molar-refractivity contribution is 5.95. The first-order valence-corrected chi connectivity index (χ1v) is 10.7. The summed E-state index contributed by atoms with van der Waals surface area (Å²) in [6.07, 6.45) is 3.33. The molecular formula is C27H26O3. The smallest absolute Gasteiger partial charge is 0.231 e. The molecule has 2 aliphatic rings. The van der Waals surface area contributed by atoms with Crippen LogP contribution in [0.1, 0.15) is 42.0 Å².